The van der Waals surface area contributed by atoms with E-state index in [0.29, 0.717) is 11.6 Å². The van der Waals surface area contributed by atoms with Gasteiger partial charge >= 0.3 is 0 Å². The van der Waals surface area contributed by atoms with E-state index in [4.69, 9.17) is 0 Å². The Kier molecular flexibility index (Phi) is 4.20. The molecule has 0 radical (unpaired) electrons. The summed E-state index contributed by atoms with van der Waals surface area (Å²) in [6.45, 7) is 2.27. The Bertz CT molecular complexity index is 402. The van der Waals surface area contributed by atoms with E-state index in [2.05, 4.69) is 22.6 Å². The van der Waals surface area contributed by atoms with E-state index in [1.54, 1.807) is 7.05 Å². The van der Waals surface area contributed by atoms with Crippen molar-refractivity contribution in [1.82, 2.24) is 10.2 Å². The highest BCUT2D eigenvalue weighted by Gasteiger charge is 2.16. The number of nitrogens with one attached hydrogen (secondary N) is 2. The standard InChI is InChI=1S/C14H21N3O/c1-15-14(18)11-5-7-12(8-6-11)16-13-4-3-9-17(2)10-13/h5-8,13,16H,3-4,9-10H2,1-2H3,(H,15,18). The van der Waals surface area contributed by atoms with Crippen LogP contribution in [0.5, 0.6) is 0 Å². The zero-order valence-corrected chi connectivity index (χ0v) is 11.1. The highest BCUT2D eigenvalue weighted by Crippen LogP contribution is 2.16. The first-order chi connectivity index (χ1) is 8.69. The van der Waals surface area contributed by atoms with Crippen molar-refractivity contribution in [3.63, 3.8) is 0 Å². The van der Waals surface area contributed by atoms with Gasteiger partial charge in [-0.2, -0.15) is 0 Å². The number of nitrogens with zero attached hydrogens (tertiary/aromatic N) is 1. The van der Waals surface area contributed by atoms with Crippen LogP contribution in [0.2, 0.25) is 0 Å². The molecule has 1 saturated heterocycles. The fourth-order valence-electron chi connectivity index (χ4n) is 2.38. The molecule has 0 spiro atoms. The largest absolute Gasteiger partial charge is 0.381 e. The number of carbonyl (C=O) groups excluding carboxylic acids is 1. The molecule has 0 saturated carbocycles. The molecule has 1 atom stereocenters. The summed E-state index contributed by atoms with van der Waals surface area (Å²) >= 11 is 0. The molecule has 1 amide bonds. The third-order valence-corrected chi connectivity index (χ3v) is 3.37. The van der Waals surface area contributed by atoms with Crippen LogP contribution in [0.3, 0.4) is 0 Å². The number of likely N-dealkylation sites (N-methyl/N-ethyl adjacent to an activating group) is 1. The van der Waals surface area contributed by atoms with Crippen molar-refractivity contribution in [3.05, 3.63) is 29.8 Å². The molecule has 1 aromatic rings. The fraction of sp³-hybridized carbons (Fsp3) is 0.500. The summed E-state index contributed by atoms with van der Waals surface area (Å²) in [5.41, 5.74) is 1.78. The first-order valence-electron chi connectivity index (χ1n) is 6.46. The maximum Gasteiger partial charge on any atom is 0.251 e. The summed E-state index contributed by atoms with van der Waals surface area (Å²) in [6, 6.07) is 8.16. The van der Waals surface area contributed by atoms with Crippen LogP contribution in [-0.4, -0.2) is 44.0 Å². The third-order valence-electron chi connectivity index (χ3n) is 3.37. The van der Waals surface area contributed by atoms with E-state index in [0.717, 1.165) is 12.2 Å². The molecule has 1 heterocycles. The van der Waals surface area contributed by atoms with Crippen LogP contribution < -0.4 is 10.6 Å². The van der Waals surface area contributed by atoms with Crippen molar-refractivity contribution in [2.24, 2.45) is 0 Å². The van der Waals surface area contributed by atoms with Gasteiger partial charge in [-0.05, 0) is 50.7 Å². The minimum atomic E-state index is -0.0426. The molecule has 18 heavy (non-hydrogen) atoms. The smallest absolute Gasteiger partial charge is 0.251 e. The molecule has 0 bridgehead atoms. The van der Waals surface area contributed by atoms with Gasteiger partial charge in [-0.3, -0.25) is 4.79 Å². The predicted octanol–water partition coefficient (Wildman–Crippen LogP) is 1.55. The van der Waals surface area contributed by atoms with E-state index in [9.17, 15) is 4.79 Å². The van der Waals surface area contributed by atoms with Crippen LogP contribution in [0, 0.1) is 0 Å². The van der Waals surface area contributed by atoms with E-state index in [1.807, 2.05) is 24.3 Å². The maximum atomic E-state index is 11.4. The second-order valence-electron chi connectivity index (χ2n) is 4.90. The van der Waals surface area contributed by atoms with Gasteiger partial charge in [0, 0.05) is 30.9 Å². The van der Waals surface area contributed by atoms with Crippen LogP contribution >= 0.6 is 0 Å². The average Bonchev–Trinajstić information content (AvgIpc) is 2.39. The van der Waals surface area contributed by atoms with Gasteiger partial charge in [-0.1, -0.05) is 0 Å². The van der Waals surface area contributed by atoms with Crippen molar-refractivity contribution < 1.29 is 4.79 Å². The Morgan fingerprint density at radius 2 is 2.06 bits per heavy atom. The number of likely N-dealkylation sites (tertiary alicyclic amines) is 1. The summed E-state index contributed by atoms with van der Waals surface area (Å²) < 4.78 is 0. The summed E-state index contributed by atoms with van der Waals surface area (Å²) in [6.07, 6.45) is 2.45. The van der Waals surface area contributed by atoms with Gasteiger partial charge in [0.05, 0.1) is 0 Å². The summed E-state index contributed by atoms with van der Waals surface area (Å²) in [5, 5.41) is 6.14. The zero-order valence-electron chi connectivity index (χ0n) is 11.1. The number of rotatable bonds is 3. The molecule has 1 fully saturated rings. The molecule has 2 rings (SSSR count). The van der Waals surface area contributed by atoms with Gasteiger partial charge in [0.15, 0.2) is 0 Å². The molecule has 1 aliphatic heterocycles. The van der Waals surface area contributed by atoms with Gasteiger partial charge in [0.25, 0.3) is 5.91 Å². The lowest BCUT2D eigenvalue weighted by molar-refractivity contribution is 0.0963. The van der Waals surface area contributed by atoms with E-state index < -0.39 is 0 Å². The van der Waals surface area contributed by atoms with Crippen molar-refractivity contribution >= 4 is 11.6 Å². The number of amides is 1. The monoisotopic (exact) mass is 247 g/mol. The van der Waals surface area contributed by atoms with Crippen LogP contribution in [0.4, 0.5) is 5.69 Å². The Morgan fingerprint density at radius 1 is 1.33 bits per heavy atom. The Morgan fingerprint density at radius 3 is 2.67 bits per heavy atom. The lowest BCUT2D eigenvalue weighted by atomic mass is 10.1. The lowest BCUT2D eigenvalue weighted by Crippen LogP contribution is -2.39. The Hall–Kier alpha value is -1.55. The minimum Gasteiger partial charge on any atom is -0.381 e. The lowest BCUT2D eigenvalue weighted by Gasteiger charge is -2.30. The number of anilines is 1. The molecular formula is C14H21N3O. The third kappa shape index (κ3) is 3.23. The average molecular weight is 247 g/mol. The molecule has 1 unspecified atom stereocenters. The van der Waals surface area contributed by atoms with Gasteiger partial charge in [-0.25, -0.2) is 0 Å². The van der Waals surface area contributed by atoms with Gasteiger partial charge in [-0.15, -0.1) is 0 Å². The molecule has 1 aromatic carbocycles. The second kappa shape index (κ2) is 5.87. The Labute approximate surface area is 108 Å². The predicted molar refractivity (Wildman–Crippen MR) is 74.0 cm³/mol. The van der Waals surface area contributed by atoms with Crippen molar-refractivity contribution in [2.75, 3.05) is 32.5 Å². The number of carbonyl (C=O) groups is 1. The second-order valence-corrected chi connectivity index (χ2v) is 4.90. The molecule has 98 valence electrons. The highest BCUT2D eigenvalue weighted by molar-refractivity contribution is 5.94. The minimum absolute atomic E-state index is 0.0426. The van der Waals surface area contributed by atoms with Crippen LogP contribution in [-0.2, 0) is 0 Å². The number of hydrogen-bond donors (Lipinski definition) is 2. The molecule has 0 aliphatic carbocycles. The number of hydrogen-bond acceptors (Lipinski definition) is 3. The Balaban J connectivity index is 1.95. The van der Waals surface area contributed by atoms with E-state index >= 15 is 0 Å². The van der Waals surface area contributed by atoms with Crippen molar-refractivity contribution in [3.8, 4) is 0 Å². The first-order valence-corrected chi connectivity index (χ1v) is 6.46. The van der Waals surface area contributed by atoms with Gasteiger partial charge < -0.3 is 15.5 Å². The molecule has 0 aromatic heterocycles. The van der Waals surface area contributed by atoms with Crippen LogP contribution in [0.1, 0.15) is 23.2 Å². The van der Waals surface area contributed by atoms with E-state index in [1.165, 1.54) is 19.4 Å². The van der Waals surface area contributed by atoms with Crippen LogP contribution in [0.25, 0.3) is 0 Å². The molecule has 4 heteroatoms. The summed E-state index contributed by atoms with van der Waals surface area (Å²) in [7, 11) is 3.80. The topological polar surface area (TPSA) is 44.4 Å². The van der Waals surface area contributed by atoms with Gasteiger partial charge in [0.1, 0.15) is 0 Å². The fourth-order valence-corrected chi connectivity index (χ4v) is 2.38. The summed E-state index contributed by atoms with van der Waals surface area (Å²) in [5.74, 6) is -0.0426. The van der Waals surface area contributed by atoms with Crippen LogP contribution in [0.15, 0.2) is 24.3 Å². The SMILES string of the molecule is CNC(=O)c1ccc(NC2CCCN(C)C2)cc1. The summed E-state index contributed by atoms with van der Waals surface area (Å²) in [4.78, 5) is 13.8. The molecule has 4 nitrogen and oxygen atoms in total. The molecule has 2 N–H and O–H groups in total. The molecule has 1 aliphatic rings. The van der Waals surface area contributed by atoms with Gasteiger partial charge in [0.2, 0.25) is 0 Å². The van der Waals surface area contributed by atoms with Crippen molar-refractivity contribution in [2.45, 2.75) is 18.9 Å². The number of benzene rings is 1. The van der Waals surface area contributed by atoms with E-state index in [-0.39, 0.29) is 5.91 Å². The molecular weight excluding hydrogens is 226 g/mol. The zero-order chi connectivity index (χ0) is 13.0. The maximum absolute atomic E-state index is 11.4. The first kappa shape index (κ1) is 12.9. The number of piperidine rings is 1. The highest BCUT2D eigenvalue weighted by atomic mass is 16.1. The normalized spacial score (nSPS) is 20.4. The van der Waals surface area contributed by atoms with Crippen molar-refractivity contribution in [1.29, 1.82) is 0 Å². The quantitative estimate of drug-likeness (QED) is 0.852.